The van der Waals surface area contributed by atoms with Crippen molar-refractivity contribution in [1.29, 1.82) is 0 Å². The van der Waals surface area contributed by atoms with Crippen LogP contribution in [0.4, 0.5) is 11.6 Å². The lowest BCUT2D eigenvalue weighted by Crippen LogP contribution is -2.17. The van der Waals surface area contributed by atoms with E-state index in [4.69, 9.17) is 9.47 Å². The van der Waals surface area contributed by atoms with Crippen LogP contribution in [-0.2, 0) is 7.05 Å². The molecule has 0 bridgehead atoms. The van der Waals surface area contributed by atoms with Crippen LogP contribution in [0.3, 0.4) is 0 Å². The Morgan fingerprint density at radius 3 is 2.69 bits per heavy atom. The van der Waals surface area contributed by atoms with Gasteiger partial charge in [0.05, 0.1) is 30.0 Å². The monoisotopic (exact) mass is 435 g/mol. The van der Waals surface area contributed by atoms with Crippen molar-refractivity contribution in [2.75, 3.05) is 19.5 Å². The van der Waals surface area contributed by atoms with E-state index in [-0.39, 0.29) is 12.0 Å². The van der Waals surface area contributed by atoms with Gasteiger partial charge in [-0.2, -0.15) is 15.1 Å². The first-order valence-corrected chi connectivity index (χ1v) is 10.1. The average molecular weight is 435 g/mol. The van der Waals surface area contributed by atoms with Crippen molar-refractivity contribution in [2.45, 2.75) is 20.0 Å². The highest BCUT2D eigenvalue weighted by Crippen LogP contribution is 2.36. The Kier molecular flexibility index (Phi) is 5.67. The molecular weight excluding hydrogens is 410 g/mol. The summed E-state index contributed by atoms with van der Waals surface area (Å²) < 4.78 is 13.3. The quantitative estimate of drug-likeness (QED) is 0.408. The molecule has 0 unspecified atom stereocenters. The van der Waals surface area contributed by atoms with Gasteiger partial charge < -0.3 is 25.1 Å². The SMILES string of the molecule is CNC(=O)c1ccc(Nc2nc(OC(C)C)c3c(-c4ccnn4C)c[nH]c3n2)c(OC)c1. The molecule has 10 nitrogen and oxygen atoms in total. The van der Waals surface area contributed by atoms with Crippen LogP contribution in [-0.4, -0.2) is 50.9 Å². The molecule has 10 heteroatoms. The van der Waals surface area contributed by atoms with Crippen molar-refractivity contribution >= 4 is 28.6 Å². The number of amides is 1. The van der Waals surface area contributed by atoms with Crippen molar-refractivity contribution in [3.8, 4) is 22.9 Å². The number of aryl methyl sites for hydroxylation is 1. The number of rotatable bonds is 7. The fraction of sp³-hybridized carbons (Fsp3) is 0.273. The zero-order valence-corrected chi connectivity index (χ0v) is 18.6. The molecule has 0 aliphatic rings. The van der Waals surface area contributed by atoms with E-state index in [1.807, 2.05) is 33.2 Å². The molecule has 4 rings (SSSR count). The van der Waals surface area contributed by atoms with Crippen molar-refractivity contribution in [3.05, 3.63) is 42.2 Å². The fourth-order valence-electron chi connectivity index (χ4n) is 3.41. The number of nitrogens with zero attached hydrogens (tertiary/aromatic N) is 4. The molecule has 166 valence electrons. The third-order valence-electron chi connectivity index (χ3n) is 4.88. The number of methoxy groups -OCH3 is 1. The van der Waals surface area contributed by atoms with Gasteiger partial charge in [-0.3, -0.25) is 9.48 Å². The van der Waals surface area contributed by atoms with Crippen LogP contribution in [0.1, 0.15) is 24.2 Å². The van der Waals surface area contributed by atoms with Gasteiger partial charge in [-0.05, 0) is 38.1 Å². The molecule has 0 spiro atoms. The predicted molar refractivity (Wildman–Crippen MR) is 122 cm³/mol. The lowest BCUT2D eigenvalue weighted by atomic mass is 10.1. The molecule has 3 heterocycles. The Hall–Kier alpha value is -4.08. The summed E-state index contributed by atoms with van der Waals surface area (Å²) in [7, 11) is 5.00. The molecule has 32 heavy (non-hydrogen) atoms. The van der Waals surface area contributed by atoms with Crippen molar-refractivity contribution in [1.82, 2.24) is 30.0 Å². The lowest BCUT2D eigenvalue weighted by Gasteiger charge is -2.14. The highest BCUT2D eigenvalue weighted by molar-refractivity contribution is 5.97. The maximum atomic E-state index is 11.9. The summed E-state index contributed by atoms with van der Waals surface area (Å²) in [5.74, 6) is 1.07. The van der Waals surface area contributed by atoms with E-state index in [0.29, 0.717) is 34.5 Å². The summed E-state index contributed by atoms with van der Waals surface area (Å²) in [6, 6.07) is 7.02. The molecule has 0 atom stereocenters. The number of carbonyl (C=O) groups is 1. The normalized spacial score (nSPS) is 11.1. The lowest BCUT2D eigenvalue weighted by molar-refractivity contribution is 0.0962. The van der Waals surface area contributed by atoms with E-state index < -0.39 is 0 Å². The highest BCUT2D eigenvalue weighted by atomic mass is 16.5. The van der Waals surface area contributed by atoms with Gasteiger partial charge >= 0.3 is 0 Å². The Balaban J connectivity index is 1.78. The molecule has 0 radical (unpaired) electrons. The van der Waals surface area contributed by atoms with Gasteiger partial charge in [0.15, 0.2) is 0 Å². The number of hydrogen-bond acceptors (Lipinski definition) is 7. The molecule has 3 N–H and O–H groups in total. The molecule has 0 aliphatic heterocycles. The third-order valence-corrected chi connectivity index (χ3v) is 4.88. The van der Waals surface area contributed by atoms with Crippen LogP contribution in [0.15, 0.2) is 36.7 Å². The molecule has 0 saturated carbocycles. The second-order valence-electron chi connectivity index (χ2n) is 7.40. The minimum Gasteiger partial charge on any atom is -0.495 e. The number of aromatic nitrogens is 5. The topological polar surface area (TPSA) is 119 Å². The zero-order valence-electron chi connectivity index (χ0n) is 18.6. The van der Waals surface area contributed by atoms with E-state index in [0.717, 1.165) is 16.6 Å². The fourth-order valence-corrected chi connectivity index (χ4v) is 3.41. The largest absolute Gasteiger partial charge is 0.495 e. The van der Waals surface area contributed by atoms with Gasteiger partial charge in [-0.25, -0.2) is 0 Å². The van der Waals surface area contributed by atoms with Gasteiger partial charge in [0, 0.05) is 37.6 Å². The zero-order chi connectivity index (χ0) is 22.8. The van der Waals surface area contributed by atoms with Gasteiger partial charge in [-0.15, -0.1) is 0 Å². The summed E-state index contributed by atoms with van der Waals surface area (Å²) in [6.45, 7) is 3.88. The Morgan fingerprint density at radius 1 is 1.22 bits per heavy atom. The maximum absolute atomic E-state index is 11.9. The molecule has 0 saturated heterocycles. The molecule has 1 amide bonds. The van der Waals surface area contributed by atoms with Crippen LogP contribution >= 0.6 is 0 Å². The van der Waals surface area contributed by atoms with Crippen LogP contribution in [0.5, 0.6) is 11.6 Å². The van der Waals surface area contributed by atoms with Crippen LogP contribution in [0.2, 0.25) is 0 Å². The number of H-pyrrole nitrogens is 1. The Labute approximate surface area is 185 Å². The Bertz CT molecular complexity index is 1280. The first-order valence-electron chi connectivity index (χ1n) is 10.1. The van der Waals surface area contributed by atoms with Gasteiger partial charge in [0.2, 0.25) is 11.8 Å². The Morgan fingerprint density at radius 2 is 2.03 bits per heavy atom. The number of carbonyl (C=O) groups excluding carboxylic acids is 1. The first kappa shape index (κ1) is 21.2. The number of nitrogens with one attached hydrogen (secondary N) is 3. The molecule has 0 aliphatic carbocycles. The van der Waals surface area contributed by atoms with E-state index in [1.54, 1.807) is 36.1 Å². The van der Waals surface area contributed by atoms with Crippen molar-refractivity contribution < 1.29 is 14.3 Å². The summed E-state index contributed by atoms with van der Waals surface area (Å²) >= 11 is 0. The maximum Gasteiger partial charge on any atom is 0.251 e. The van der Waals surface area contributed by atoms with Gasteiger partial charge in [0.25, 0.3) is 5.91 Å². The number of aromatic amines is 1. The first-order chi connectivity index (χ1) is 15.4. The van der Waals surface area contributed by atoms with E-state index in [2.05, 4.69) is 30.7 Å². The second kappa shape index (κ2) is 8.58. The average Bonchev–Trinajstić information content (AvgIpc) is 3.38. The van der Waals surface area contributed by atoms with Crippen LogP contribution in [0.25, 0.3) is 22.3 Å². The van der Waals surface area contributed by atoms with E-state index in [1.165, 1.54) is 7.11 Å². The van der Waals surface area contributed by atoms with Crippen LogP contribution in [0, 0.1) is 0 Å². The number of fused-ring (bicyclic) bond motifs is 1. The summed E-state index contributed by atoms with van der Waals surface area (Å²) in [5, 5.41) is 10.8. The van der Waals surface area contributed by atoms with Gasteiger partial charge in [0.1, 0.15) is 11.4 Å². The van der Waals surface area contributed by atoms with Crippen molar-refractivity contribution in [3.63, 3.8) is 0 Å². The molecule has 4 aromatic rings. The van der Waals surface area contributed by atoms with E-state index >= 15 is 0 Å². The highest BCUT2D eigenvalue weighted by Gasteiger charge is 2.19. The van der Waals surface area contributed by atoms with Crippen molar-refractivity contribution in [2.24, 2.45) is 7.05 Å². The molecule has 0 fully saturated rings. The number of ether oxygens (including phenoxy) is 2. The van der Waals surface area contributed by atoms with Gasteiger partial charge in [-0.1, -0.05) is 0 Å². The summed E-state index contributed by atoms with van der Waals surface area (Å²) in [4.78, 5) is 24.4. The minimum absolute atomic E-state index is 0.0865. The predicted octanol–water partition coefficient (Wildman–Crippen LogP) is 3.26. The summed E-state index contributed by atoms with van der Waals surface area (Å²) in [5.41, 5.74) is 3.54. The summed E-state index contributed by atoms with van der Waals surface area (Å²) in [6.07, 6.45) is 3.52. The minimum atomic E-state index is -0.200. The van der Waals surface area contributed by atoms with E-state index in [9.17, 15) is 4.79 Å². The standard InChI is InChI=1S/C22H25N7O3/c1-12(2)32-21-18-14(16-8-9-25-29(16)4)11-24-19(18)27-22(28-21)26-15-7-6-13(20(30)23-3)10-17(15)31-5/h6-12H,1-5H3,(H,23,30)(H2,24,26,27,28). The van der Waals surface area contributed by atoms with Crippen LogP contribution < -0.4 is 20.1 Å². The molecule has 1 aromatic carbocycles. The molecule has 3 aromatic heterocycles. The molecular formula is C22H25N7O3. The number of hydrogen-bond donors (Lipinski definition) is 3. The number of anilines is 2. The second-order valence-corrected chi connectivity index (χ2v) is 7.40. The number of benzene rings is 1. The third kappa shape index (κ3) is 3.94. The smallest absolute Gasteiger partial charge is 0.251 e.